The number of methoxy groups -OCH3 is 2. The number of carbonyl (C=O) groups excluding carboxylic acids is 1. The van der Waals surface area contributed by atoms with Gasteiger partial charge in [-0.2, -0.15) is 0 Å². The fourth-order valence-electron chi connectivity index (χ4n) is 3.36. The lowest BCUT2D eigenvalue weighted by Crippen LogP contribution is -2.19. The van der Waals surface area contributed by atoms with E-state index in [9.17, 15) is 9.59 Å². The maximum absolute atomic E-state index is 12.4. The number of amides is 2. The van der Waals surface area contributed by atoms with Crippen molar-refractivity contribution in [3.05, 3.63) is 88.5 Å². The average Bonchev–Trinajstić information content (AvgIpc) is 2.82. The van der Waals surface area contributed by atoms with Gasteiger partial charge in [-0.05, 0) is 48.9 Å². The molecule has 2 N–H and O–H groups in total. The number of hydrogen-bond acceptors (Lipinski definition) is 6. The van der Waals surface area contributed by atoms with Gasteiger partial charge in [0.2, 0.25) is 0 Å². The van der Waals surface area contributed by atoms with Crippen LogP contribution in [0.4, 0.5) is 16.2 Å². The Morgan fingerprint density at radius 3 is 2.47 bits per heavy atom. The van der Waals surface area contributed by atoms with Crippen LogP contribution >= 0.6 is 0 Å². The molecule has 9 nitrogen and oxygen atoms in total. The fraction of sp³-hybridized carbons (Fsp3) is 0.160. The number of nitrogens with one attached hydrogen (secondary N) is 2. The van der Waals surface area contributed by atoms with E-state index < -0.39 is 6.03 Å². The highest BCUT2D eigenvalue weighted by atomic mass is 16.5. The van der Waals surface area contributed by atoms with Crippen molar-refractivity contribution in [1.82, 2.24) is 9.38 Å². The van der Waals surface area contributed by atoms with E-state index in [4.69, 9.17) is 14.2 Å². The standard InChI is InChI=1S/C25H24N4O5/c1-16-9-10-29-23(11-16)26-19(14-24(29)30)15-34-20-6-4-5-17(12-20)27-25(31)28-18-7-8-21(32-2)22(13-18)33-3/h4-14H,15H2,1-3H3,(H2,27,28,31). The molecular formula is C25H24N4O5. The molecule has 0 atom stereocenters. The van der Waals surface area contributed by atoms with Gasteiger partial charge in [-0.15, -0.1) is 0 Å². The summed E-state index contributed by atoms with van der Waals surface area (Å²) in [6, 6.07) is 16.7. The summed E-state index contributed by atoms with van der Waals surface area (Å²) in [7, 11) is 3.07. The summed E-state index contributed by atoms with van der Waals surface area (Å²) in [5, 5.41) is 5.51. The average molecular weight is 460 g/mol. The van der Waals surface area contributed by atoms with Crippen molar-refractivity contribution in [2.24, 2.45) is 0 Å². The van der Waals surface area contributed by atoms with Crippen LogP contribution in [-0.4, -0.2) is 29.6 Å². The Hall–Kier alpha value is -4.53. The van der Waals surface area contributed by atoms with Gasteiger partial charge in [-0.25, -0.2) is 9.78 Å². The normalized spacial score (nSPS) is 10.6. The minimum atomic E-state index is -0.427. The van der Waals surface area contributed by atoms with Crippen molar-refractivity contribution >= 4 is 23.1 Å². The van der Waals surface area contributed by atoms with Crippen molar-refractivity contribution in [2.45, 2.75) is 13.5 Å². The maximum atomic E-state index is 12.4. The topological polar surface area (TPSA) is 103 Å². The van der Waals surface area contributed by atoms with E-state index in [0.717, 1.165) is 5.56 Å². The van der Waals surface area contributed by atoms with E-state index in [0.29, 0.717) is 40.0 Å². The number of aryl methyl sites for hydroxylation is 1. The van der Waals surface area contributed by atoms with Gasteiger partial charge in [-0.3, -0.25) is 9.20 Å². The number of carbonyl (C=O) groups is 1. The van der Waals surface area contributed by atoms with Gasteiger partial charge < -0.3 is 24.8 Å². The largest absolute Gasteiger partial charge is 0.493 e. The van der Waals surface area contributed by atoms with E-state index in [1.165, 1.54) is 17.6 Å². The van der Waals surface area contributed by atoms with Gasteiger partial charge in [0.15, 0.2) is 11.5 Å². The number of benzene rings is 2. The highest BCUT2D eigenvalue weighted by Gasteiger charge is 2.09. The molecule has 2 aromatic carbocycles. The van der Waals surface area contributed by atoms with E-state index in [1.807, 2.05) is 19.1 Å². The second-order valence-corrected chi connectivity index (χ2v) is 7.48. The van der Waals surface area contributed by atoms with Gasteiger partial charge in [0.25, 0.3) is 5.56 Å². The number of rotatable bonds is 7. The minimum Gasteiger partial charge on any atom is -0.493 e. The molecule has 2 heterocycles. The number of anilines is 2. The molecule has 0 unspecified atom stereocenters. The molecule has 4 rings (SSSR count). The first kappa shape index (κ1) is 22.7. The van der Waals surface area contributed by atoms with Crippen LogP contribution in [0.3, 0.4) is 0 Å². The smallest absolute Gasteiger partial charge is 0.323 e. The summed E-state index contributed by atoms with van der Waals surface area (Å²) in [6.45, 7) is 2.05. The molecular weight excluding hydrogens is 436 g/mol. The van der Waals surface area contributed by atoms with Gasteiger partial charge in [0.1, 0.15) is 18.0 Å². The van der Waals surface area contributed by atoms with Crippen LogP contribution in [-0.2, 0) is 6.61 Å². The third-order valence-corrected chi connectivity index (χ3v) is 5.00. The second-order valence-electron chi connectivity index (χ2n) is 7.48. The van der Waals surface area contributed by atoms with Crippen LogP contribution in [0.2, 0.25) is 0 Å². The Labute approximate surface area is 195 Å². The molecule has 174 valence electrons. The van der Waals surface area contributed by atoms with Gasteiger partial charge in [0, 0.05) is 35.8 Å². The Kier molecular flexibility index (Phi) is 6.63. The summed E-state index contributed by atoms with van der Waals surface area (Å²) in [4.78, 5) is 29.3. The zero-order chi connectivity index (χ0) is 24.1. The van der Waals surface area contributed by atoms with Crippen molar-refractivity contribution in [3.8, 4) is 17.2 Å². The Balaban J connectivity index is 1.41. The molecule has 2 amide bonds. The maximum Gasteiger partial charge on any atom is 0.323 e. The molecule has 4 aromatic rings. The van der Waals surface area contributed by atoms with Gasteiger partial charge in [-0.1, -0.05) is 6.07 Å². The third kappa shape index (κ3) is 5.26. The van der Waals surface area contributed by atoms with E-state index in [1.54, 1.807) is 55.8 Å². The SMILES string of the molecule is COc1ccc(NC(=O)Nc2cccc(OCc3cc(=O)n4ccc(C)cc4n3)c2)cc1OC. The monoisotopic (exact) mass is 460 g/mol. The Morgan fingerprint density at radius 2 is 1.71 bits per heavy atom. The first-order valence-electron chi connectivity index (χ1n) is 10.5. The predicted molar refractivity (Wildman–Crippen MR) is 129 cm³/mol. The first-order chi connectivity index (χ1) is 16.4. The molecule has 0 bridgehead atoms. The molecule has 0 fully saturated rings. The van der Waals surface area contributed by atoms with Crippen LogP contribution in [0.25, 0.3) is 5.65 Å². The van der Waals surface area contributed by atoms with Crippen molar-refractivity contribution < 1.29 is 19.0 Å². The van der Waals surface area contributed by atoms with Crippen LogP contribution < -0.4 is 30.4 Å². The lowest BCUT2D eigenvalue weighted by atomic mass is 10.2. The summed E-state index contributed by atoms with van der Waals surface area (Å²) in [5.41, 5.74) is 3.00. The van der Waals surface area contributed by atoms with Gasteiger partial charge in [0.05, 0.1) is 19.9 Å². The van der Waals surface area contributed by atoms with E-state index in [-0.39, 0.29) is 12.2 Å². The number of hydrogen-bond donors (Lipinski definition) is 2. The second kappa shape index (κ2) is 9.95. The van der Waals surface area contributed by atoms with Crippen molar-refractivity contribution in [2.75, 3.05) is 24.9 Å². The summed E-state index contributed by atoms with van der Waals surface area (Å²) in [5.74, 6) is 1.60. The molecule has 0 saturated carbocycles. The van der Waals surface area contributed by atoms with Gasteiger partial charge >= 0.3 is 6.03 Å². The summed E-state index contributed by atoms with van der Waals surface area (Å²) >= 11 is 0. The Bertz CT molecular complexity index is 1400. The highest BCUT2D eigenvalue weighted by molar-refractivity contribution is 6.00. The van der Waals surface area contributed by atoms with Crippen LogP contribution in [0.5, 0.6) is 17.2 Å². The number of urea groups is 1. The van der Waals surface area contributed by atoms with E-state index >= 15 is 0 Å². The van der Waals surface area contributed by atoms with Crippen molar-refractivity contribution in [3.63, 3.8) is 0 Å². The zero-order valence-corrected chi connectivity index (χ0v) is 19.0. The summed E-state index contributed by atoms with van der Waals surface area (Å²) in [6.07, 6.45) is 1.70. The minimum absolute atomic E-state index is 0.112. The molecule has 0 aliphatic heterocycles. The molecule has 2 aromatic heterocycles. The summed E-state index contributed by atoms with van der Waals surface area (Å²) < 4.78 is 17.7. The lowest BCUT2D eigenvalue weighted by molar-refractivity contribution is 0.262. The highest BCUT2D eigenvalue weighted by Crippen LogP contribution is 2.29. The number of nitrogens with zero attached hydrogens (tertiary/aromatic N) is 2. The van der Waals surface area contributed by atoms with Crippen molar-refractivity contribution in [1.29, 1.82) is 0 Å². The predicted octanol–water partition coefficient (Wildman–Crippen LogP) is 4.24. The van der Waals surface area contributed by atoms with E-state index in [2.05, 4.69) is 15.6 Å². The molecule has 9 heteroatoms. The molecule has 0 saturated heterocycles. The zero-order valence-electron chi connectivity index (χ0n) is 19.0. The molecule has 0 spiro atoms. The number of aromatic nitrogens is 2. The molecule has 0 radical (unpaired) electrons. The number of ether oxygens (including phenoxy) is 3. The number of pyridine rings is 1. The fourth-order valence-corrected chi connectivity index (χ4v) is 3.36. The molecule has 0 aliphatic rings. The quantitative estimate of drug-likeness (QED) is 0.428. The van der Waals surface area contributed by atoms with Crippen LogP contribution in [0.1, 0.15) is 11.3 Å². The van der Waals surface area contributed by atoms with Crippen LogP contribution in [0, 0.1) is 6.92 Å². The Morgan fingerprint density at radius 1 is 0.941 bits per heavy atom. The number of fused-ring (bicyclic) bond motifs is 1. The first-order valence-corrected chi connectivity index (χ1v) is 10.5. The molecule has 34 heavy (non-hydrogen) atoms. The molecule has 0 aliphatic carbocycles. The van der Waals surface area contributed by atoms with Crippen LogP contribution in [0.15, 0.2) is 71.7 Å². The third-order valence-electron chi connectivity index (χ3n) is 5.00. The lowest BCUT2D eigenvalue weighted by Gasteiger charge is -2.12.